The first-order valence-corrected chi connectivity index (χ1v) is 6.81. The third kappa shape index (κ3) is 3.33. The zero-order valence-corrected chi connectivity index (χ0v) is 11.0. The molecule has 0 bridgehead atoms. The fourth-order valence-electron chi connectivity index (χ4n) is 1.56. The Morgan fingerprint density at radius 3 is 3.06 bits per heavy atom. The Morgan fingerprint density at radius 2 is 2.33 bits per heavy atom. The molecule has 0 fully saturated rings. The van der Waals surface area contributed by atoms with Crippen LogP contribution in [0.5, 0.6) is 0 Å². The van der Waals surface area contributed by atoms with E-state index in [1.807, 2.05) is 35.3 Å². The van der Waals surface area contributed by atoms with Gasteiger partial charge in [0.05, 0.1) is 12.2 Å². The second-order valence-corrected chi connectivity index (χ2v) is 4.54. The first-order valence-electron chi connectivity index (χ1n) is 5.87. The van der Waals surface area contributed by atoms with E-state index in [0.717, 1.165) is 11.3 Å². The van der Waals surface area contributed by atoms with Crippen molar-refractivity contribution in [2.24, 2.45) is 0 Å². The maximum atomic E-state index is 11.2. The number of nitrogens with zero attached hydrogens (tertiary/aromatic N) is 2. The number of aromatic nitrogens is 2. The third-order valence-electron chi connectivity index (χ3n) is 2.42. The number of urea groups is 1. The second kappa shape index (κ2) is 6.20. The van der Waals surface area contributed by atoms with Crippen molar-refractivity contribution in [1.82, 2.24) is 20.4 Å². The van der Waals surface area contributed by atoms with Gasteiger partial charge in [-0.1, -0.05) is 0 Å². The van der Waals surface area contributed by atoms with E-state index in [2.05, 4.69) is 21.1 Å². The summed E-state index contributed by atoms with van der Waals surface area (Å²) in [5.74, 6) is 0. The average molecular weight is 264 g/mol. The molecule has 96 valence electrons. The Kier molecular flexibility index (Phi) is 4.35. The lowest BCUT2D eigenvalue weighted by atomic mass is 10.2. The molecule has 0 radical (unpaired) electrons. The van der Waals surface area contributed by atoms with Crippen LogP contribution in [0.3, 0.4) is 0 Å². The number of amides is 2. The molecule has 2 heterocycles. The van der Waals surface area contributed by atoms with Crippen LogP contribution in [0.1, 0.15) is 6.92 Å². The summed E-state index contributed by atoms with van der Waals surface area (Å²) in [5.41, 5.74) is 2.10. The van der Waals surface area contributed by atoms with E-state index < -0.39 is 0 Å². The quantitative estimate of drug-likeness (QED) is 0.867. The fourth-order valence-corrected chi connectivity index (χ4v) is 2.21. The fraction of sp³-hybridized carbons (Fsp3) is 0.333. The predicted octanol–water partition coefficient (Wildman–Crippen LogP) is 1.93. The first kappa shape index (κ1) is 12.6. The van der Waals surface area contributed by atoms with Gasteiger partial charge in [-0.15, -0.1) is 0 Å². The van der Waals surface area contributed by atoms with Crippen molar-refractivity contribution in [3.8, 4) is 11.3 Å². The molecule has 0 aliphatic carbocycles. The topological polar surface area (TPSA) is 59.0 Å². The highest BCUT2D eigenvalue weighted by atomic mass is 32.1. The van der Waals surface area contributed by atoms with E-state index in [1.54, 1.807) is 11.3 Å². The number of hydrogen-bond donors (Lipinski definition) is 2. The molecule has 5 nitrogen and oxygen atoms in total. The Bertz CT molecular complexity index is 492. The van der Waals surface area contributed by atoms with Gasteiger partial charge in [-0.25, -0.2) is 4.79 Å². The molecule has 0 aliphatic rings. The van der Waals surface area contributed by atoms with Gasteiger partial charge < -0.3 is 10.6 Å². The van der Waals surface area contributed by atoms with Crippen molar-refractivity contribution >= 4 is 17.4 Å². The van der Waals surface area contributed by atoms with Gasteiger partial charge in [0.2, 0.25) is 0 Å². The summed E-state index contributed by atoms with van der Waals surface area (Å²) in [4.78, 5) is 11.2. The highest BCUT2D eigenvalue weighted by molar-refractivity contribution is 7.08. The molecule has 2 aromatic rings. The Hall–Kier alpha value is -1.82. The second-order valence-electron chi connectivity index (χ2n) is 3.76. The number of hydrogen-bond acceptors (Lipinski definition) is 3. The van der Waals surface area contributed by atoms with Gasteiger partial charge in [0, 0.05) is 30.2 Å². The summed E-state index contributed by atoms with van der Waals surface area (Å²) in [5, 5.41) is 14.0. The zero-order valence-electron chi connectivity index (χ0n) is 10.2. The summed E-state index contributed by atoms with van der Waals surface area (Å²) in [6.07, 6.45) is 1.92. The maximum Gasteiger partial charge on any atom is 0.314 e. The Labute approximate surface area is 110 Å². The van der Waals surface area contributed by atoms with Gasteiger partial charge in [-0.3, -0.25) is 4.68 Å². The molecule has 0 saturated heterocycles. The van der Waals surface area contributed by atoms with Gasteiger partial charge >= 0.3 is 6.03 Å². The largest absolute Gasteiger partial charge is 0.338 e. The number of thiophene rings is 1. The van der Waals surface area contributed by atoms with E-state index in [4.69, 9.17) is 0 Å². The highest BCUT2D eigenvalue weighted by Gasteiger charge is 2.03. The molecule has 0 spiro atoms. The number of carbonyl (C=O) groups is 1. The van der Waals surface area contributed by atoms with Gasteiger partial charge in [0.25, 0.3) is 0 Å². The molecule has 2 aromatic heterocycles. The molecule has 2 rings (SSSR count). The van der Waals surface area contributed by atoms with Crippen LogP contribution in [0.25, 0.3) is 11.3 Å². The van der Waals surface area contributed by atoms with Crippen molar-refractivity contribution in [2.45, 2.75) is 13.5 Å². The average Bonchev–Trinajstić information content (AvgIpc) is 2.99. The van der Waals surface area contributed by atoms with Crippen LogP contribution < -0.4 is 10.6 Å². The van der Waals surface area contributed by atoms with Crippen molar-refractivity contribution < 1.29 is 4.79 Å². The van der Waals surface area contributed by atoms with Crippen molar-refractivity contribution in [3.05, 3.63) is 29.1 Å². The van der Waals surface area contributed by atoms with Crippen molar-refractivity contribution in [2.75, 3.05) is 13.1 Å². The van der Waals surface area contributed by atoms with Gasteiger partial charge in [-0.05, 0) is 24.4 Å². The summed E-state index contributed by atoms with van der Waals surface area (Å²) >= 11 is 1.66. The zero-order chi connectivity index (χ0) is 12.8. The SMILES string of the molecule is CCNC(=O)NCCn1ccc(-c2ccsc2)n1. The van der Waals surface area contributed by atoms with Crippen LogP contribution in [-0.2, 0) is 6.54 Å². The summed E-state index contributed by atoms with van der Waals surface area (Å²) in [6, 6.07) is 3.89. The number of carbonyl (C=O) groups excluding carboxylic acids is 1. The molecule has 18 heavy (non-hydrogen) atoms. The van der Waals surface area contributed by atoms with E-state index in [1.165, 1.54) is 0 Å². The summed E-state index contributed by atoms with van der Waals surface area (Å²) < 4.78 is 1.83. The monoisotopic (exact) mass is 264 g/mol. The van der Waals surface area contributed by atoms with E-state index >= 15 is 0 Å². The lowest BCUT2D eigenvalue weighted by Gasteiger charge is -2.05. The molecule has 0 aliphatic heterocycles. The molecule has 0 saturated carbocycles. The molecular weight excluding hydrogens is 248 g/mol. The molecule has 0 unspecified atom stereocenters. The lowest BCUT2D eigenvalue weighted by Crippen LogP contribution is -2.37. The highest BCUT2D eigenvalue weighted by Crippen LogP contribution is 2.19. The minimum atomic E-state index is -0.136. The van der Waals surface area contributed by atoms with Gasteiger partial charge in [0.15, 0.2) is 0 Å². The minimum absolute atomic E-state index is 0.136. The lowest BCUT2D eigenvalue weighted by molar-refractivity contribution is 0.241. The van der Waals surface area contributed by atoms with Crippen LogP contribution in [0.15, 0.2) is 29.1 Å². The maximum absolute atomic E-state index is 11.2. The van der Waals surface area contributed by atoms with Crippen LogP contribution >= 0.6 is 11.3 Å². The molecule has 2 N–H and O–H groups in total. The van der Waals surface area contributed by atoms with Gasteiger partial charge in [0.1, 0.15) is 0 Å². The van der Waals surface area contributed by atoms with E-state index in [-0.39, 0.29) is 6.03 Å². The van der Waals surface area contributed by atoms with Crippen LogP contribution in [-0.4, -0.2) is 28.9 Å². The third-order valence-corrected chi connectivity index (χ3v) is 3.10. The first-order chi connectivity index (χ1) is 8.79. The molecule has 0 aromatic carbocycles. The van der Waals surface area contributed by atoms with Crippen molar-refractivity contribution in [1.29, 1.82) is 0 Å². The molecule has 6 heteroatoms. The molecule has 2 amide bonds. The van der Waals surface area contributed by atoms with Crippen molar-refractivity contribution in [3.63, 3.8) is 0 Å². The number of rotatable bonds is 5. The van der Waals surface area contributed by atoms with E-state index in [9.17, 15) is 4.79 Å². The van der Waals surface area contributed by atoms with E-state index in [0.29, 0.717) is 19.6 Å². The number of nitrogens with one attached hydrogen (secondary N) is 2. The summed E-state index contributed by atoms with van der Waals surface area (Å²) in [7, 11) is 0. The normalized spacial score (nSPS) is 10.3. The Morgan fingerprint density at radius 1 is 1.44 bits per heavy atom. The van der Waals surface area contributed by atoms with Crippen LogP contribution in [0.4, 0.5) is 4.79 Å². The van der Waals surface area contributed by atoms with Gasteiger partial charge in [-0.2, -0.15) is 16.4 Å². The molecular formula is C12H16N4OS. The summed E-state index contributed by atoms with van der Waals surface area (Å²) in [6.45, 7) is 3.76. The standard InChI is InChI=1S/C12H16N4OS/c1-2-13-12(17)14-5-7-16-6-3-11(15-16)10-4-8-18-9-10/h3-4,6,8-9H,2,5,7H2,1H3,(H2,13,14,17). The molecule has 0 atom stereocenters. The predicted molar refractivity (Wildman–Crippen MR) is 72.6 cm³/mol. The smallest absolute Gasteiger partial charge is 0.314 e. The van der Waals surface area contributed by atoms with Crippen LogP contribution in [0, 0.1) is 0 Å². The van der Waals surface area contributed by atoms with Crippen LogP contribution in [0.2, 0.25) is 0 Å². The Balaban J connectivity index is 1.82. The minimum Gasteiger partial charge on any atom is -0.338 e.